The lowest BCUT2D eigenvalue weighted by Gasteiger charge is -2.24. The van der Waals surface area contributed by atoms with Gasteiger partial charge in [0.2, 0.25) is 0 Å². The molecule has 0 saturated carbocycles. The van der Waals surface area contributed by atoms with Crippen molar-refractivity contribution in [1.29, 1.82) is 0 Å². The predicted octanol–water partition coefficient (Wildman–Crippen LogP) is 2.44. The van der Waals surface area contributed by atoms with Gasteiger partial charge in [0.15, 0.2) is 5.96 Å². The highest BCUT2D eigenvalue weighted by Crippen LogP contribution is 2.04. The van der Waals surface area contributed by atoms with Gasteiger partial charge in [-0.25, -0.2) is 0 Å². The van der Waals surface area contributed by atoms with Crippen molar-refractivity contribution in [2.75, 3.05) is 27.2 Å². The minimum Gasteiger partial charge on any atom is -0.377 e. The van der Waals surface area contributed by atoms with E-state index in [1.807, 2.05) is 19.9 Å². The highest BCUT2D eigenvalue weighted by molar-refractivity contribution is 14.0. The lowest BCUT2D eigenvalue weighted by atomic mass is 10.1. The second-order valence-corrected chi connectivity index (χ2v) is 5.05. The van der Waals surface area contributed by atoms with Crippen LogP contribution in [0.3, 0.4) is 0 Å². The van der Waals surface area contributed by atoms with Gasteiger partial charge < -0.3 is 15.4 Å². The number of methoxy groups -OCH3 is 1. The van der Waals surface area contributed by atoms with E-state index in [2.05, 4.69) is 39.9 Å². The van der Waals surface area contributed by atoms with Crippen molar-refractivity contribution in [2.24, 2.45) is 4.99 Å². The Bertz CT molecular complexity index is 393. The van der Waals surface area contributed by atoms with E-state index in [0.29, 0.717) is 6.54 Å². The van der Waals surface area contributed by atoms with E-state index in [0.717, 1.165) is 18.9 Å². The zero-order valence-electron chi connectivity index (χ0n) is 12.8. The molecule has 0 amide bonds. The summed E-state index contributed by atoms with van der Waals surface area (Å²) in [5.41, 5.74) is 1.12. The predicted molar refractivity (Wildman–Crippen MR) is 96.0 cm³/mol. The Balaban J connectivity index is 0.00000361. The molecule has 20 heavy (non-hydrogen) atoms. The van der Waals surface area contributed by atoms with Crippen molar-refractivity contribution in [3.8, 4) is 0 Å². The molecule has 0 aliphatic rings. The molecule has 4 nitrogen and oxygen atoms in total. The van der Waals surface area contributed by atoms with Crippen molar-refractivity contribution < 1.29 is 4.74 Å². The number of nitrogens with zero attached hydrogens (tertiary/aromatic N) is 1. The number of nitrogens with one attached hydrogen (secondary N) is 2. The Hall–Kier alpha value is -0.820. The first-order valence-electron chi connectivity index (χ1n) is 6.61. The van der Waals surface area contributed by atoms with E-state index >= 15 is 0 Å². The number of hydrogen-bond acceptors (Lipinski definition) is 2. The summed E-state index contributed by atoms with van der Waals surface area (Å²) in [5.74, 6) is 0.807. The third-order valence-corrected chi connectivity index (χ3v) is 3.01. The maximum absolute atomic E-state index is 5.36. The third kappa shape index (κ3) is 7.69. The van der Waals surface area contributed by atoms with Gasteiger partial charge in [-0.2, -0.15) is 0 Å². The molecular formula is C15H26IN3O. The van der Waals surface area contributed by atoms with Gasteiger partial charge in [0.05, 0.1) is 5.60 Å². The quantitative estimate of drug-likeness (QED) is 0.445. The molecule has 114 valence electrons. The number of halogens is 1. The van der Waals surface area contributed by atoms with Gasteiger partial charge in [0, 0.05) is 27.2 Å². The van der Waals surface area contributed by atoms with Crippen LogP contribution < -0.4 is 10.6 Å². The molecule has 0 fully saturated rings. The number of hydrogen-bond donors (Lipinski definition) is 2. The summed E-state index contributed by atoms with van der Waals surface area (Å²) in [5, 5.41) is 6.56. The van der Waals surface area contributed by atoms with Crippen LogP contribution in [0.1, 0.15) is 19.4 Å². The highest BCUT2D eigenvalue weighted by atomic mass is 127. The van der Waals surface area contributed by atoms with Gasteiger partial charge in [-0.1, -0.05) is 30.3 Å². The minimum atomic E-state index is -0.197. The highest BCUT2D eigenvalue weighted by Gasteiger charge is 2.16. The van der Waals surface area contributed by atoms with Crippen molar-refractivity contribution in [3.63, 3.8) is 0 Å². The van der Waals surface area contributed by atoms with Crippen LogP contribution in [0.2, 0.25) is 0 Å². The molecule has 0 heterocycles. The topological polar surface area (TPSA) is 45.7 Å². The van der Waals surface area contributed by atoms with Gasteiger partial charge in [0.1, 0.15) is 0 Å². The van der Waals surface area contributed by atoms with Crippen LogP contribution in [0, 0.1) is 0 Å². The van der Waals surface area contributed by atoms with Gasteiger partial charge in [-0.3, -0.25) is 4.99 Å². The second kappa shape index (κ2) is 9.99. The van der Waals surface area contributed by atoms with Crippen LogP contribution in [0.5, 0.6) is 0 Å². The van der Waals surface area contributed by atoms with E-state index < -0.39 is 0 Å². The van der Waals surface area contributed by atoms with Crippen LogP contribution in [0.25, 0.3) is 0 Å². The van der Waals surface area contributed by atoms with Crippen LogP contribution >= 0.6 is 24.0 Å². The number of ether oxygens (including phenoxy) is 1. The van der Waals surface area contributed by atoms with E-state index in [-0.39, 0.29) is 29.6 Å². The van der Waals surface area contributed by atoms with Gasteiger partial charge in [-0.05, 0) is 25.8 Å². The lowest BCUT2D eigenvalue weighted by Crippen LogP contribution is -2.45. The first-order valence-corrected chi connectivity index (χ1v) is 6.61. The fourth-order valence-corrected chi connectivity index (χ4v) is 1.56. The molecule has 1 aromatic carbocycles. The van der Waals surface area contributed by atoms with Gasteiger partial charge in [0.25, 0.3) is 0 Å². The summed E-state index contributed by atoms with van der Waals surface area (Å²) in [7, 11) is 3.49. The van der Waals surface area contributed by atoms with Crippen molar-refractivity contribution in [2.45, 2.75) is 25.9 Å². The molecule has 0 aliphatic carbocycles. The molecule has 0 saturated heterocycles. The Morgan fingerprint density at radius 1 is 1.20 bits per heavy atom. The molecule has 2 N–H and O–H groups in total. The molecular weight excluding hydrogens is 365 g/mol. The standard InChI is InChI=1S/C15H25N3O.HI/c1-15(2,19-4)12-18-14(16-3)17-11-10-13-8-6-5-7-9-13;/h5-9H,10-12H2,1-4H3,(H2,16,17,18);1H. The molecule has 0 spiro atoms. The number of benzene rings is 1. The number of rotatable bonds is 6. The SMILES string of the molecule is CN=C(NCCc1ccccc1)NCC(C)(C)OC.I. The first-order chi connectivity index (χ1) is 9.07. The van der Waals surface area contributed by atoms with Crippen LogP contribution in [-0.4, -0.2) is 38.8 Å². The summed E-state index contributed by atoms with van der Waals surface area (Å²) in [4.78, 5) is 4.20. The summed E-state index contributed by atoms with van der Waals surface area (Å²) >= 11 is 0. The van der Waals surface area contributed by atoms with Gasteiger partial charge in [-0.15, -0.1) is 24.0 Å². The zero-order valence-corrected chi connectivity index (χ0v) is 15.1. The van der Waals surface area contributed by atoms with Crippen LogP contribution in [0.15, 0.2) is 35.3 Å². The van der Waals surface area contributed by atoms with Crippen LogP contribution in [0.4, 0.5) is 0 Å². The average Bonchev–Trinajstić information content (AvgIpc) is 2.43. The van der Waals surface area contributed by atoms with Crippen molar-refractivity contribution in [3.05, 3.63) is 35.9 Å². The van der Waals surface area contributed by atoms with Crippen LogP contribution in [-0.2, 0) is 11.2 Å². The molecule has 0 aliphatic heterocycles. The molecule has 0 aromatic heterocycles. The molecule has 1 aromatic rings. The fourth-order valence-electron chi connectivity index (χ4n) is 1.56. The monoisotopic (exact) mass is 391 g/mol. The van der Waals surface area contributed by atoms with Crippen molar-refractivity contribution in [1.82, 2.24) is 10.6 Å². The van der Waals surface area contributed by atoms with Gasteiger partial charge >= 0.3 is 0 Å². The van der Waals surface area contributed by atoms with E-state index in [1.165, 1.54) is 5.56 Å². The normalized spacial score (nSPS) is 11.7. The summed E-state index contributed by atoms with van der Waals surface area (Å²) in [6.07, 6.45) is 0.981. The van der Waals surface area contributed by atoms with E-state index in [1.54, 1.807) is 14.2 Å². The summed E-state index contributed by atoms with van der Waals surface area (Å²) in [6, 6.07) is 10.4. The first kappa shape index (κ1) is 19.2. The molecule has 0 unspecified atom stereocenters. The zero-order chi connectivity index (χ0) is 14.1. The smallest absolute Gasteiger partial charge is 0.191 e. The maximum Gasteiger partial charge on any atom is 0.191 e. The fraction of sp³-hybridized carbons (Fsp3) is 0.533. The Morgan fingerprint density at radius 3 is 2.40 bits per heavy atom. The molecule has 0 radical (unpaired) electrons. The molecule has 1 rings (SSSR count). The molecule has 0 atom stereocenters. The minimum absolute atomic E-state index is 0. The van der Waals surface area contributed by atoms with E-state index in [4.69, 9.17) is 4.74 Å². The summed E-state index contributed by atoms with van der Waals surface area (Å²) in [6.45, 7) is 5.65. The number of aliphatic imine (C=N–C) groups is 1. The average molecular weight is 391 g/mol. The third-order valence-electron chi connectivity index (χ3n) is 3.01. The number of guanidine groups is 1. The largest absolute Gasteiger partial charge is 0.377 e. The second-order valence-electron chi connectivity index (χ2n) is 5.05. The Labute approximate surface area is 139 Å². The van der Waals surface area contributed by atoms with E-state index in [9.17, 15) is 0 Å². The Morgan fingerprint density at radius 2 is 1.85 bits per heavy atom. The summed E-state index contributed by atoms with van der Waals surface area (Å²) < 4.78 is 5.36. The maximum atomic E-state index is 5.36. The molecule has 5 heteroatoms. The lowest BCUT2D eigenvalue weighted by molar-refractivity contribution is 0.0268. The Kier molecular flexibility index (Phi) is 9.58. The molecule has 0 bridgehead atoms. The van der Waals surface area contributed by atoms with Crippen molar-refractivity contribution >= 4 is 29.9 Å².